The van der Waals surface area contributed by atoms with Gasteiger partial charge in [0.15, 0.2) is 0 Å². The Hall–Kier alpha value is -1.52. The first kappa shape index (κ1) is 15.9. The number of nitrogens with one attached hydrogen (secondary N) is 1. The van der Waals surface area contributed by atoms with Gasteiger partial charge in [-0.25, -0.2) is 0 Å². The fraction of sp³-hybridized carbons (Fsp3) is 0.294. The van der Waals surface area contributed by atoms with Gasteiger partial charge in [-0.05, 0) is 36.2 Å². The van der Waals surface area contributed by atoms with Gasteiger partial charge in [0, 0.05) is 23.1 Å². The second kappa shape index (κ2) is 7.48. The minimum atomic E-state index is 0.248. The van der Waals surface area contributed by atoms with Gasteiger partial charge in [-0.15, -0.1) is 0 Å². The lowest BCUT2D eigenvalue weighted by molar-refractivity contribution is 0.392. The normalized spacial score (nSPS) is 12.0. The van der Waals surface area contributed by atoms with Crippen LogP contribution in [-0.4, -0.2) is 14.2 Å². The maximum Gasteiger partial charge on any atom is 0.122 e. The molecule has 0 aromatic heterocycles. The van der Waals surface area contributed by atoms with Crippen molar-refractivity contribution in [3.63, 3.8) is 0 Å². The van der Waals surface area contributed by atoms with Gasteiger partial charge in [0.2, 0.25) is 0 Å². The Morgan fingerprint density at radius 3 is 2.24 bits per heavy atom. The molecule has 0 spiro atoms. The van der Waals surface area contributed by atoms with Crippen molar-refractivity contribution in [2.75, 3.05) is 14.2 Å². The molecule has 0 saturated carbocycles. The van der Waals surface area contributed by atoms with E-state index in [-0.39, 0.29) is 6.04 Å². The van der Waals surface area contributed by atoms with Crippen molar-refractivity contribution in [2.24, 2.45) is 0 Å². The highest BCUT2D eigenvalue weighted by atomic mass is 79.9. The Morgan fingerprint density at radius 2 is 1.67 bits per heavy atom. The Morgan fingerprint density at radius 1 is 1.05 bits per heavy atom. The highest BCUT2D eigenvalue weighted by molar-refractivity contribution is 9.10. The van der Waals surface area contributed by atoms with Crippen LogP contribution >= 0.6 is 15.9 Å². The Bertz CT molecular complexity index is 579. The summed E-state index contributed by atoms with van der Waals surface area (Å²) in [5.74, 6) is 1.61. The molecule has 2 aromatic carbocycles. The van der Waals surface area contributed by atoms with Crippen molar-refractivity contribution in [3.05, 3.63) is 58.1 Å². The van der Waals surface area contributed by atoms with Gasteiger partial charge in [-0.1, -0.05) is 34.1 Å². The number of halogens is 1. The number of hydrogen-bond acceptors (Lipinski definition) is 3. The molecule has 3 nitrogen and oxygen atoms in total. The summed E-state index contributed by atoms with van der Waals surface area (Å²) in [5.41, 5.74) is 2.37. The van der Waals surface area contributed by atoms with Gasteiger partial charge in [0.1, 0.15) is 11.5 Å². The lowest BCUT2D eigenvalue weighted by Crippen LogP contribution is -2.18. The van der Waals surface area contributed by atoms with E-state index in [4.69, 9.17) is 9.47 Å². The van der Waals surface area contributed by atoms with E-state index in [0.29, 0.717) is 0 Å². The van der Waals surface area contributed by atoms with E-state index in [2.05, 4.69) is 40.3 Å². The number of ether oxygens (including phenoxy) is 2. The SMILES string of the molecule is COc1cc(CN[C@H](C)c2ccccc2Br)cc(OC)c1. The van der Waals surface area contributed by atoms with Crippen LogP contribution < -0.4 is 14.8 Å². The molecule has 0 aliphatic carbocycles. The quantitative estimate of drug-likeness (QED) is 0.842. The third-order valence-corrected chi connectivity index (χ3v) is 4.12. The predicted octanol–water partition coefficient (Wildman–Crippen LogP) is 4.32. The van der Waals surface area contributed by atoms with E-state index >= 15 is 0 Å². The average Bonchev–Trinajstić information content (AvgIpc) is 2.52. The molecule has 1 atom stereocenters. The van der Waals surface area contributed by atoms with Crippen LogP contribution in [0.2, 0.25) is 0 Å². The third-order valence-electron chi connectivity index (χ3n) is 3.40. The molecular formula is C17H20BrNO2. The molecule has 0 aliphatic rings. The van der Waals surface area contributed by atoms with Crippen molar-refractivity contribution in [1.29, 1.82) is 0 Å². The molecule has 4 heteroatoms. The summed E-state index contributed by atoms with van der Waals surface area (Å²) >= 11 is 3.59. The fourth-order valence-corrected chi connectivity index (χ4v) is 2.80. The Labute approximate surface area is 134 Å². The molecule has 1 N–H and O–H groups in total. The highest BCUT2D eigenvalue weighted by Crippen LogP contribution is 2.25. The first-order valence-corrected chi connectivity index (χ1v) is 7.63. The van der Waals surface area contributed by atoms with E-state index in [0.717, 1.165) is 28.1 Å². The van der Waals surface area contributed by atoms with E-state index in [1.807, 2.05) is 30.3 Å². The van der Waals surface area contributed by atoms with Crippen LogP contribution in [0.15, 0.2) is 46.9 Å². The first-order valence-electron chi connectivity index (χ1n) is 6.83. The first-order chi connectivity index (χ1) is 10.1. The van der Waals surface area contributed by atoms with Gasteiger partial charge in [-0.2, -0.15) is 0 Å². The molecule has 2 rings (SSSR count). The number of hydrogen-bond donors (Lipinski definition) is 1. The van der Waals surface area contributed by atoms with Crippen LogP contribution in [0.4, 0.5) is 0 Å². The number of methoxy groups -OCH3 is 2. The summed E-state index contributed by atoms with van der Waals surface area (Å²) in [7, 11) is 3.32. The second-order valence-electron chi connectivity index (χ2n) is 4.85. The molecule has 0 radical (unpaired) electrons. The van der Waals surface area contributed by atoms with E-state index in [9.17, 15) is 0 Å². The van der Waals surface area contributed by atoms with Gasteiger partial charge in [0.25, 0.3) is 0 Å². The molecular weight excluding hydrogens is 330 g/mol. The Balaban J connectivity index is 2.07. The molecule has 21 heavy (non-hydrogen) atoms. The second-order valence-corrected chi connectivity index (χ2v) is 5.70. The zero-order valence-corrected chi connectivity index (χ0v) is 14.1. The van der Waals surface area contributed by atoms with Crippen LogP contribution in [0.5, 0.6) is 11.5 Å². The van der Waals surface area contributed by atoms with E-state index in [1.54, 1.807) is 14.2 Å². The minimum absolute atomic E-state index is 0.248. The van der Waals surface area contributed by atoms with Crippen LogP contribution in [0, 0.1) is 0 Å². The van der Waals surface area contributed by atoms with Gasteiger partial charge in [-0.3, -0.25) is 0 Å². The summed E-state index contributed by atoms with van der Waals surface area (Å²) in [6, 6.07) is 14.4. The summed E-state index contributed by atoms with van der Waals surface area (Å²) in [5, 5.41) is 3.52. The van der Waals surface area contributed by atoms with Gasteiger partial charge in [0.05, 0.1) is 14.2 Å². The van der Waals surface area contributed by atoms with Gasteiger partial charge >= 0.3 is 0 Å². The minimum Gasteiger partial charge on any atom is -0.497 e. The topological polar surface area (TPSA) is 30.5 Å². The smallest absolute Gasteiger partial charge is 0.122 e. The molecule has 2 aromatic rings. The molecule has 0 amide bonds. The van der Waals surface area contributed by atoms with Crippen molar-refractivity contribution in [2.45, 2.75) is 19.5 Å². The molecule has 112 valence electrons. The summed E-state index contributed by atoms with van der Waals surface area (Å²) < 4.78 is 11.7. The maximum atomic E-state index is 5.29. The fourth-order valence-electron chi connectivity index (χ4n) is 2.18. The van der Waals surface area contributed by atoms with Crippen molar-refractivity contribution >= 4 is 15.9 Å². The molecule has 0 saturated heterocycles. The zero-order valence-electron chi connectivity index (χ0n) is 12.5. The zero-order chi connectivity index (χ0) is 15.2. The summed E-state index contributed by atoms with van der Waals surface area (Å²) in [6.07, 6.45) is 0. The van der Waals surface area contributed by atoms with Crippen LogP contribution in [0.1, 0.15) is 24.1 Å². The average molecular weight is 350 g/mol. The van der Waals surface area contributed by atoms with E-state index in [1.165, 1.54) is 5.56 Å². The van der Waals surface area contributed by atoms with Crippen molar-refractivity contribution in [3.8, 4) is 11.5 Å². The third kappa shape index (κ3) is 4.22. The molecule has 0 bridgehead atoms. The number of benzene rings is 2. The van der Waals surface area contributed by atoms with Gasteiger partial charge < -0.3 is 14.8 Å². The lowest BCUT2D eigenvalue weighted by atomic mass is 10.1. The van der Waals surface area contributed by atoms with Crippen LogP contribution in [0.25, 0.3) is 0 Å². The van der Waals surface area contributed by atoms with Crippen molar-refractivity contribution in [1.82, 2.24) is 5.32 Å². The number of rotatable bonds is 6. The molecule has 0 aliphatic heterocycles. The lowest BCUT2D eigenvalue weighted by Gasteiger charge is -2.16. The highest BCUT2D eigenvalue weighted by Gasteiger charge is 2.09. The molecule has 0 fully saturated rings. The molecule has 0 heterocycles. The van der Waals surface area contributed by atoms with E-state index < -0.39 is 0 Å². The monoisotopic (exact) mass is 349 g/mol. The Kier molecular flexibility index (Phi) is 5.65. The summed E-state index contributed by atoms with van der Waals surface area (Å²) in [6.45, 7) is 2.90. The maximum absolute atomic E-state index is 5.29. The molecule has 0 unspecified atom stereocenters. The summed E-state index contributed by atoms with van der Waals surface area (Å²) in [4.78, 5) is 0. The predicted molar refractivity (Wildman–Crippen MR) is 88.9 cm³/mol. The largest absolute Gasteiger partial charge is 0.497 e. The standard InChI is InChI=1S/C17H20BrNO2/c1-12(16-6-4-5-7-17(16)18)19-11-13-8-14(20-2)10-15(9-13)21-3/h4-10,12,19H,11H2,1-3H3/t12-/m1/s1. The van der Waals surface area contributed by atoms with Crippen LogP contribution in [-0.2, 0) is 6.54 Å². The van der Waals surface area contributed by atoms with Crippen LogP contribution in [0.3, 0.4) is 0 Å². The van der Waals surface area contributed by atoms with Crippen molar-refractivity contribution < 1.29 is 9.47 Å².